The van der Waals surface area contributed by atoms with Crippen LogP contribution in [0.4, 0.5) is 11.4 Å². The minimum absolute atomic E-state index is 0.0395. The first-order chi connectivity index (χ1) is 11.7. The van der Waals surface area contributed by atoms with Gasteiger partial charge >= 0.3 is 0 Å². The monoisotopic (exact) mass is 428 g/mol. The van der Waals surface area contributed by atoms with Crippen LogP contribution in [0.1, 0.15) is 11.1 Å². The Morgan fingerprint density at radius 2 is 1.71 bits per heavy atom. The Kier molecular flexibility index (Phi) is 4.14. The van der Waals surface area contributed by atoms with Gasteiger partial charge in [-0.05, 0) is 70.1 Å². The van der Waals surface area contributed by atoms with Crippen LogP contribution in [0.2, 0.25) is 0 Å². The summed E-state index contributed by atoms with van der Waals surface area (Å²) in [5.74, 6) is -0.0395. The number of para-hydroxylation sites is 1. The van der Waals surface area contributed by atoms with Gasteiger partial charge in [0.25, 0.3) is 0 Å². The van der Waals surface area contributed by atoms with Gasteiger partial charge in [-0.3, -0.25) is 4.79 Å². The molecule has 0 fully saturated rings. The summed E-state index contributed by atoms with van der Waals surface area (Å²) in [6.07, 6.45) is 2.23. The number of carbonyl (C=O) groups is 1. The minimum atomic E-state index is -0.0395. The molecule has 4 heteroatoms. The van der Waals surface area contributed by atoms with Crippen LogP contribution in [0.25, 0.3) is 10.8 Å². The molecular formula is C20H17IN2O. The second-order valence-corrected chi connectivity index (χ2v) is 7.16. The van der Waals surface area contributed by atoms with Crippen LogP contribution in [0.5, 0.6) is 0 Å². The second-order valence-electron chi connectivity index (χ2n) is 5.99. The van der Waals surface area contributed by atoms with Crippen LogP contribution in [0.15, 0.2) is 54.6 Å². The van der Waals surface area contributed by atoms with Crippen LogP contribution >= 0.6 is 22.6 Å². The largest absolute Gasteiger partial charge is 0.376 e. The number of benzene rings is 3. The van der Waals surface area contributed by atoms with E-state index in [1.165, 1.54) is 21.9 Å². The highest BCUT2D eigenvalue weighted by Gasteiger charge is 2.16. The van der Waals surface area contributed by atoms with E-state index < -0.39 is 0 Å². The molecule has 120 valence electrons. The highest BCUT2D eigenvalue weighted by Crippen LogP contribution is 2.34. The highest BCUT2D eigenvalue weighted by atomic mass is 127. The number of hydrogen-bond donors (Lipinski definition) is 2. The lowest BCUT2D eigenvalue weighted by Crippen LogP contribution is -2.22. The molecule has 0 radical (unpaired) electrons. The zero-order valence-corrected chi connectivity index (χ0v) is 15.3. The van der Waals surface area contributed by atoms with Gasteiger partial charge < -0.3 is 10.6 Å². The number of halogens is 1. The molecule has 0 aliphatic heterocycles. The van der Waals surface area contributed by atoms with Crippen molar-refractivity contribution < 1.29 is 4.79 Å². The molecule has 1 amide bonds. The predicted octanol–water partition coefficient (Wildman–Crippen LogP) is 4.59. The van der Waals surface area contributed by atoms with E-state index >= 15 is 0 Å². The van der Waals surface area contributed by atoms with Gasteiger partial charge in [0.1, 0.15) is 0 Å². The average Bonchev–Trinajstić information content (AvgIpc) is 3.01. The number of hydrogen-bond acceptors (Lipinski definition) is 2. The quantitative estimate of drug-likeness (QED) is 0.597. The van der Waals surface area contributed by atoms with Crippen molar-refractivity contribution in [1.82, 2.24) is 0 Å². The Balaban J connectivity index is 1.52. The molecule has 2 N–H and O–H groups in total. The summed E-state index contributed by atoms with van der Waals surface area (Å²) in [6.45, 7) is 0.254. The first-order valence-corrected chi connectivity index (χ1v) is 9.12. The SMILES string of the molecule is O=C(CNc1ccc2c3c(cccc13)CC2)Nc1ccccc1I. The summed E-state index contributed by atoms with van der Waals surface area (Å²) in [6, 6.07) is 18.5. The average molecular weight is 428 g/mol. The summed E-state index contributed by atoms with van der Waals surface area (Å²) in [7, 11) is 0. The normalized spacial score (nSPS) is 12.4. The number of nitrogens with one attached hydrogen (secondary N) is 2. The zero-order chi connectivity index (χ0) is 16.5. The maximum Gasteiger partial charge on any atom is 0.243 e. The minimum Gasteiger partial charge on any atom is -0.376 e. The van der Waals surface area contributed by atoms with Gasteiger partial charge in [-0.25, -0.2) is 0 Å². The zero-order valence-electron chi connectivity index (χ0n) is 13.1. The molecule has 3 nitrogen and oxygen atoms in total. The number of amides is 1. The summed E-state index contributed by atoms with van der Waals surface area (Å²) in [5.41, 5.74) is 4.70. The van der Waals surface area contributed by atoms with Crippen LogP contribution in [0.3, 0.4) is 0 Å². The fraction of sp³-hybridized carbons (Fsp3) is 0.150. The first kappa shape index (κ1) is 15.4. The fourth-order valence-electron chi connectivity index (χ4n) is 3.33. The third-order valence-electron chi connectivity index (χ3n) is 4.46. The van der Waals surface area contributed by atoms with Gasteiger partial charge in [-0.1, -0.05) is 36.4 Å². The van der Waals surface area contributed by atoms with Crippen molar-refractivity contribution in [2.45, 2.75) is 12.8 Å². The summed E-state index contributed by atoms with van der Waals surface area (Å²) in [5, 5.41) is 8.82. The molecule has 3 aromatic rings. The topological polar surface area (TPSA) is 41.1 Å². The molecule has 0 saturated carbocycles. The summed E-state index contributed by atoms with van der Waals surface area (Å²) >= 11 is 2.22. The molecule has 0 aromatic heterocycles. The third-order valence-corrected chi connectivity index (χ3v) is 5.40. The van der Waals surface area contributed by atoms with Gasteiger partial charge in [0.05, 0.1) is 12.2 Å². The summed E-state index contributed by atoms with van der Waals surface area (Å²) < 4.78 is 1.04. The Morgan fingerprint density at radius 1 is 0.917 bits per heavy atom. The molecule has 0 heterocycles. The highest BCUT2D eigenvalue weighted by molar-refractivity contribution is 14.1. The molecule has 1 aliphatic carbocycles. The smallest absolute Gasteiger partial charge is 0.243 e. The van der Waals surface area contributed by atoms with Gasteiger partial charge in [0.2, 0.25) is 5.91 Å². The number of rotatable bonds is 4. The standard InChI is InChI=1S/C20H17IN2O/c21-16-6-1-2-7-18(16)23-19(24)12-22-17-11-10-14-9-8-13-4-3-5-15(17)20(13)14/h1-7,10-11,22H,8-9,12H2,(H,23,24). The van der Waals surface area contributed by atoms with Crippen LogP contribution in [-0.4, -0.2) is 12.5 Å². The Labute approximate surface area is 154 Å². The molecule has 3 aromatic carbocycles. The van der Waals surface area contributed by atoms with Crippen molar-refractivity contribution in [2.24, 2.45) is 0 Å². The van der Waals surface area contributed by atoms with Crippen LogP contribution < -0.4 is 10.6 Å². The second kappa shape index (κ2) is 6.43. The van der Waals surface area contributed by atoms with Gasteiger partial charge in [-0.15, -0.1) is 0 Å². The van der Waals surface area contributed by atoms with Gasteiger partial charge in [-0.2, -0.15) is 0 Å². The van der Waals surface area contributed by atoms with Crippen molar-refractivity contribution in [3.05, 3.63) is 69.3 Å². The molecule has 0 saturated heterocycles. The number of carbonyl (C=O) groups excluding carboxylic acids is 1. The molecule has 1 aliphatic rings. The van der Waals surface area contributed by atoms with Crippen molar-refractivity contribution in [3.8, 4) is 0 Å². The van der Waals surface area contributed by atoms with Crippen molar-refractivity contribution in [1.29, 1.82) is 0 Å². The van der Waals surface area contributed by atoms with E-state index in [9.17, 15) is 4.79 Å². The fourth-order valence-corrected chi connectivity index (χ4v) is 3.86. The molecule has 4 rings (SSSR count). The third kappa shape index (κ3) is 2.86. The van der Waals surface area contributed by atoms with E-state index in [1.54, 1.807) is 0 Å². The van der Waals surface area contributed by atoms with E-state index in [0.717, 1.165) is 27.8 Å². The van der Waals surface area contributed by atoms with Gasteiger partial charge in [0.15, 0.2) is 0 Å². The van der Waals surface area contributed by atoms with E-state index in [2.05, 4.69) is 63.6 Å². The van der Waals surface area contributed by atoms with Crippen molar-refractivity contribution in [3.63, 3.8) is 0 Å². The van der Waals surface area contributed by atoms with Crippen molar-refractivity contribution >= 4 is 50.6 Å². The molecule has 24 heavy (non-hydrogen) atoms. The van der Waals surface area contributed by atoms with E-state index in [-0.39, 0.29) is 12.5 Å². The number of anilines is 2. The lowest BCUT2D eigenvalue weighted by atomic mass is 10.0. The molecule has 0 unspecified atom stereocenters. The summed E-state index contributed by atoms with van der Waals surface area (Å²) in [4.78, 5) is 12.2. The Bertz CT molecular complexity index is 926. The van der Waals surface area contributed by atoms with E-state index in [1.807, 2.05) is 24.3 Å². The number of aryl methyl sites for hydroxylation is 2. The lowest BCUT2D eigenvalue weighted by molar-refractivity contribution is -0.114. The molecule has 0 spiro atoms. The van der Waals surface area contributed by atoms with Crippen LogP contribution in [0, 0.1) is 3.57 Å². The predicted molar refractivity (Wildman–Crippen MR) is 108 cm³/mol. The van der Waals surface area contributed by atoms with E-state index in [4.69, 9.17) is 0 Å². The Hall–Kier alpha value is -2.08. The lowest BCUT2D eigenvalue weighted by Gasteiger charge is -2.12. The Morgan fingerprint density at radius 3 is 2.54 bits per heavy atom. The molecule has 0 atom stereocenters. The molecule has 0 bridgehead atoms. The maximum atomic E-state index is 12.2. The van der Waals surface area contributed by atoms with Crippen molar-refractivity contribution in [2.75, 3.05) is 17.2 Å². The van der Waals surface area contributed by atoms with Crippen LogP contribution in [-0.2, 0) is 17.6 Å². The molecular weight excluding hydrogens is 411 g/mol. The maximum absolute atomic E-state index is 12.2. The van der Waals surface area contributed by atoms with Gasteiger partial charge in [0, 0.05) is 14.6 Å². The van der Waals surface area contributed by atoms with E-state index in [0.29, 0.717) is 0 Å². The first-order valence-electron chi connectivity index (χ1n) is 8.04.